The quantitative estimate of drug-likeness (QED) is 0.299. The van der Waals surface area contributed by atoms with E-state index < -0.39 is 41.0 Å². The van der Waals surface area contributed by atoms with E-state index in [1.165, 1.54) is 0 Å². The molecule has 0 rings (SSSR count). The van der Waals surface area contributed by atoms with Gasteiger partial charge in [0.15, 0.2) is 0 Å². The first-order valence-electron chi connectivity index (χ1n) is 5.84. The van der Waals surface area contributed by atoms with Crippen LogP contribution in [0.1, 0.15) is 20.8 Å². The number of rotatable bonds is 6. The molecular weight excluding hydrogens is 444 g/mol. The van der Waals surface area contributed by atoms with Crippen molar-refractivity contribution in [3.8, 4) is 0 Å². The van der Waals surface area contributed by atoms with Gasteiger partial charge in [-0.3, -0.25) is 0 Å². The molecule has 0 N–H and O–H groups in total. The predicted molar refractivity (Wildman–Crippen MR) is 69.9 cm³/mol. The van der Waals surface area contributed by atoms with Crippen LogP contribution >= 0.6 is 34.8 Å². The van der Waals surface area contributed by atoms with Gasteiger partial charge in [0.05, 0.1) is 0 Å². The molecule has 0 fully saturated rings. The van der Waals surface area contributed by atoms with Gasteiger partial charge >= 0.3 is 25.9 Å². The summed E-state index contributed by atoms with van der Waals surface area (Å²) < 4.78 is 126. The average Bonchev–Trinajstić information content (AvgIpc) is 2.21. The molecule has 25 heavy (non-hydrogen) atoms. The van der Waals surface area contributed by atoms with E-state index in [9.17, 15) is 39.5 Å². The van der Waals surface area contributed by atoms with Crippen molar-refractivity contribution < 1.29 is 53.5 Å². The first kappa shape index (κ1) is 25.2. The van der Waals surface area contributed by atoms with Crippen LogP contribution in [-0.2, 0) is 14.0 Å². The van der Waals surface area contributed by atoms with Gasteiger partial charge in [0.25, 0.3) is 0 Å². The molecule has 16 heteroatoms. The fourth-order valence-corrected chi connectivity index (χ4v) is 1.03. The highest BCUT2D eigenvalue weighted by Crippen LogP contribution is 2.44. The Morgan fingerprint density at radius 2 is 0.680 bits per heavy atom. The van der Waals surface area contributed by atoms with Gasteiger partial charge < -0.3 is 14.0 Å². The Bertz CT molecular complexity index is 395. The van der Waals surface area contributed by atoms with Gasteiger partial charge in [-0.2, -0.15) is 39.5 Å². The molecule has 0 saturated heterocycles. The van der Waals surface area contributed by atoms with Crippen LogP contribution in [0, 0.1) is 0 Å². The lowest BCUT2D eigenvalue weighted by Crippen LogP contribution is -2.55. The summed E-state index contributed by atoms with van der Waals surface area (Å²) in [6, 6.07) is 0. The number of hydrogen-bond acceptors (Lipinski definition) is 3. The standard InChI is InChI=1S/C9H9BCl3F9O3/c1-4(11,7(14,15)16)23-10(24-5(2,12)8(17,18)19)25-6(3,13)9(20,21)22/h1-3H3. The highest BCUT2D eigenvalue weighted by Gasteiger charge is 2.62. The second-order valence-electron chi connectivity index (χ2n) is 4.89. The molecule has 0 aliphatic heterocycles. The topological polar surface area (TPSA) is 27.7 Å². The summed E-state index contributed by atoms with van der Waals surface area (Å²) in [6.45, 7) is 0.270. The summed E-state index contributed by atoms with van der Waals surface area (Å²) in [6.07, 6.45) is -16.3. The van der Waals surface area contributed by atoms with Crippen LogP contribution in [0.2, 0.25) is 0 Å². The summed E-state index contributed by atoms with van der Waals surface area (Å²) in [4.78, 5) is 0. The molecule has 0 aromatic heterocycles. The normalized spacial score (nSPS) is 21.2. The van der Waals surface area contributed by atoms with Gasteiger partial charge in [-0.1, -0.05) is 34.8 Å². The fraction of sp³-hybridized carbons (Fsp3) is 1.00. The van der Waals surface area contributed by atoms with E-state index in [-0.39, 0.29) is 20.8 Å². The molecule has 0 radical (unpaired) electrons. The maximum absolute atomic E-state index is 12.6. The molecule has 0 bridgehead atoms. The molecule has 0 aromatic rings. The smallest absolute Gasteiger partial charge is 0.359 e. The molecular formula is C9H9BCl3F9O3. The molecule has 0 aromatic carbocycles. The van der Waals surface area contributed by atoms with Crippen LogP contribution in [0.5, 0.6) is 0 Å². The van der Waals surface area contributed by atoms with Crippen LogP contribution in [0.4, 0.5) is 39.5 Å². The Balaban J connectivity index is 5.70. The third-order valence-electron chi connectivity index (χ3n) is 2.47. The van der Waals surface area contributed by atoms with E-state index in [1.54, 1.807) is 0 Å². The molecule has 0 heterocycles. The van der Waals surface area contributed by atoms with Gasteiger partial charge in [-0.05, 0) is 20.8 Å². The van der Waals surface area contributed by atoms with E-state index >= 15 is 0 Å². The van der Waals surface area contributed by atoms with Crippen molar-refractivity contribution in [2.24, 2.45) is 0 Å². The van der Waals surface area contributed by atoms with Crippen molar-refractivity contribution in [1.82, 2.24) is 0 Å². The van der Waals surface area contributed by atoms with E-state index in [0.717, 1.165) is 0 Å². The molecule has 0 saturated carbocycles. The highest BCUT2D eigenvalue weighted by atomic mass is 35.5. The third-order valence-corrected chi connectivity index (χ3v) is 3.38. The van der Waals surface area contributed by atoms with Crippen molar-refractivity contribution in [1.29, 1.82) is 0 Å². The molecule has 0 spiro atoms. The lowest BCUT2D eigenvalue weighted by atomic mass is 10.1. The molecule has 3 unspecified atom stereocenters. The van der Waals surface area contributed by atoms with Crippen molar-refractivity contribution in [2.45, 2.75) is 54.5 Å². The molecule has 0 aliphatic carbocycles. The van der Waals surface area contributed by atoms with Gasteiger partial charge in [0.2, 0.25) is 15.2 Å². The van der Waals surface area contributed by atoms with E-state index in [1.807, 2.05) is 0 Å². The maximum atomic E-state index is 12.6. The SMILES string of the molecule is CC(Cl)(OB(OC(C)(Cl)C(F)(F)F)OC(C)(Cl)C(F)(F)F)C(F)(F)F. The van der Waals surface area contributed by atoms with Crippen LogP contribution in [-0.4, -0.2) is 41.0 Å². The Morgan fingerprint density at radius 3 is 0.800 bits per heavy atom. The molecule has 0 amide bonds. The number of halogens is 12. The minimum Gasteiger partial charge on any atom is -0.359 e. The Hall–Kier alpha value is 0.185. The van der Waals surface area contributed by atoms with Gasteiger partial charge in [0.1, 0.15) is 0 Å². The zero-order chi connectivity index (χ0) is 20.7. The van der Waals surface area contributed by atoms with Crippen molar-refractivity contribution >= 4 is 42.1 Å². The molecule has 3 atom stereocenters. The number of alkyl halides is 12. The van der Waals surface area contributed by atoms with Crippen LogP contribution in [0.25, 0.3) is 0 Å². The summed E-state index contributed by atoms with van der Waals surface area (Å²) in [7, 11) is -3.29. The average molecular weight is 453 g/mol. The summed E-state index contributed by atoms with van der Waals surface area (Å²) in [5.74, 6) is 0. The Kier molecular flexibility index (Phi) is 7.36. The summed E-state index contributed by atoms with van der Waals surface area (Å²) in [5, 5.41) is -11.3. The largest absolute Gasteiger partial charge is 0.644 e. The lowest BCUT2D eigenvalue weighted by Gasteiger charge is -2.35. The lowest BCUT2D eigenvalue weighted by molar-refractivity contribution is -0.254. The molecule has 0 aliphatic rings. The van der Waals surface area contributed by atoms with Gasteiger partial charge in [0, 0.05) is 0 Å². The predicted octanol–water partition coefficient (Wildman–Crippen LogP) is 5.57. The van der Waals surface area contributed by atoms with Crippen LogP contribution < -0.4 is 0 Å². The first-order valence-corrected chi connectivity index (χ1v) is 6.97. The first-order chi connectivity index (χ1) is 10.5. The third kappa shape index (κ3) is 6.69. The maximum Gasteiger partial charge on any atom is 0.644 e. The van der Waals surface area contributed by atoms with Crippen LogP contribution in [0.3, 0.4) is 0 Å². The van der Waals surface area contributed by atoms with Gasteiger partial charge in [-0.25, -0.2) is 0 Å². The monoisotopic (exact) mass is 452 g/mol. The summed E-state index contributed by atoms with van der Waals surface area (Å²) >= 11 is 14.8. The molecule has 3 nitrogen and oxygen atoms in total. The van der Waals surface area contributed by atoms with E-state index in [4.69, 9.17) is 34.8 Å². The van der Waals surface area contributed by atoms with Crippen molar-refractivity contribution in [3.63, 3.8) is 0 Å². The van der Waals surface area contributed by atoms with Crippen molar-refractivity contribution in [3.05, 3.63) is 0 Å². The van der Waals surface area contributed by atoms with Crippen LogP contribution in [0.15, 0.2) is 0 Å². The zero-order valence-corrected chi connectivity index (χ0v) is 14.6. The zero-order valence-electron chi connectivity index (χ0n) is 12.3. The Labute approximate surface area is 150 Å². The molecule has 150 valence electrons. The fourth-order valence-electron chi connectivity index (χ4n) is 0.815. The van der Waals surface area contributed by atoms with E-state index in [0.29, 0.717) is 0 Å². The highest BCUT2D eigenvalue weighted by molar-refractivity contribution is 6.42. The second-order valence-corrected chi connectivity index (χ2v) is 7.05. The Morgan fingerprint density at radius 1 is 0.520 bits per heavy atom. The minimum atomic E-state index is -5.43. The van der Waals surface area contributed by atoms with Crippen molar-refractivity contribution in [2.75, 3.05) is 0 Å². The summed E-state index contributed by atoms with van der Waals surface area (Å²) in [5.41, 5.74) is 0. The number of hydrogen-bond donors (Lipinski definition) is 0. The minimum absolute atomic E-state index is 0.0899. The van der Waals surface area contributed by atoms with E-state index in [2.05, 4.69) is 14.0 Å². The second kappa shape index (κ2) is 7.31. The van der Waals surface area contributed by atoms with Gasteiger partial charge in [-0.15, -0.1) is 0 Å².